The summed E-state index contributed by atoms with van der Waals surface area (Å²) < 4.78 is 5.43. The minimum atomic E-state index is 0.913. The zero-order valence-corrected chi connectivity index (χ0v) is 12.3. The van der Waals surface area contributed by atoms with Crippen molar-refractivity contribution in [1.29, 1.82) is 0 Å². The molecule has 5 rings (SSSR count). The Morgan fingerprint density at radius 3 is 2.05 bits per heavy atom. The van der Waals surface area contributed by atoms with E-state index in [1.54, 1.807) is 7.11 Å². The second kappa shape index (κ2) is 4.11. The number of fused-ring (bicyclic) bond motifs is 2. The lowest BCUT2D eigenvalue weighted by molar-refractivity contribution is 0.416. The SMILES string of the molecule is COc1cc2ccc3cc4ccccc4c4ccc(c1)c2c34. The molecule has 104 valence electrons. The molecule has 22 heavy (non-hydrogen) atoms. The van der Waals surface area contributed by atoms with Crippen LogP contribution in [0, 0.1) is 0 Å². The summed E-state index contributed by atoms with van der Waals surface area (Å²) in [6.07, 6.45) is 0. The van der Waals surface area contributed by atoms with Crippen LogP contribution in [0.15, 0.2) is 66.7 Å². The van der Waals surface area contributed by atoms with E-state index < -0.39 is 0 Å². The summed E-state index contributed by atoms with van der Waals surface area (Å²) in [7, 11) is 1.72. The number of hydrogen-bond donors (Lipinski definition) is 0. The average Bonchev–Trinajstić information content (AvgIpc) is 2.58. The van der Waals surface area contributed by atoms with Crippen molar-refractivity contribution in [3.8, 4) is 5.75 Å². The molecule has 0 spiro atoms. The molecule has 1 nitrogen and oxygen atoms in total. The number of benzene rings is 5. The molecule has 0 amide bonds. The predicted octanol–water partition coefficient (Wildman–Crippen LogP) is 5.75. The molecule has 5 aromatic rings. The summed E-state index contributed by atoms with van der Waals surface area (Å²) >= 11 is 0. The predicted molar refractivity (Wildman–Crippen MR) is 94.2 cm³/mol. The molecule has 0 saturated heterocycles. The molecule has 5 aromatic carbocycles. The van der Waals surface area contributed by atoms with Crippen LogP contribution in [0.5, 0.6) is 5.75 Å². The first kappa shape index (κ1) is 11.8. The van der Waals surface area contributed by atoms with E-state index in [0.717, 1.165) is 5.75 Å². The Morgan fingerprint density at radius 1 is 0.591 bits per heavy atom. The van der Waals surface area contributed by atoms with Gasteiger partial charge in [0.15, 0.2) is 0 Å². The van der Waals surface area contributed by atoms with E-state index in [9.17, 15) is 0 Å². The van der Waals surface area contributed by atoms with Crippen molar-refractivity contribution >= 4 is 43.1 Å². The highest BCUT2D eigenvalue weighted by molar-refractivity contribution is 6.29. The summed E-state index contributed by atoms with van der Waals surface area (Å²) in [5.41, 5.74) is 0. The fraction of sp³-hybridized carbons (Fsp3) is 0.0476. The largest absolute Gasteiger partial charge is 0.497 e. The molecule has 0 N–H and O–H groups in total. The number of ether oxygens (including phenoxy) is 1. The quantitative estimate of drug-likeness (QED) is 0.281. The maximum atomic E-state index is 5.43. The van der Waals surface area contributed by atoms with E-state index in [2.05, 4.69) is 66.7 Å². The van der Waals surface area contributed by atoms with Crippen molar-refractivity contribution in [2.24, 2.45) is 0 Å². The Balaban J connectivity index is 2.12. The van der Waals surface area contributed by atoms with Crippen molar-refractivity contribution in [2.45, 2.75) is 0 Å². The van der Waals surface area contributed by atoms with Gasteiger partial charge < -0.3 is 4.74 Å². The third kappa shape index (κ3) is 1.43. The normalized spacial score (nSPS) is 11.9. The van der Waals surface area contributed by atoms with Crippen LogP contribution >= 0.6 is 0 Å². The van der Waals surface area contributed by atoms with Gasteiger partial charge in [0.1, 0.15) is 5.75 Å². The lowest BCUT2D eigenvalue weighted by Crippen LogP contribution is -1.88. The van der Waals surface area contributed by atoms with Crippen LogP contribution in [-0.4, -0.2) is 7.11 Å². The summed E-state index contributed by atoms with van der Waals surface area (Å²) in [6.45, 7) is 0. The molecule has 0 atom stereocenters. The number of hydrogen-bond acceptors (Lipinski definition) is 1. The molecule has 0 heterocycles. The van der Waals surface area contributed by atoms with Crippen LogP contribution in [-0.2, 0) is 0 Å². The van der Waals surface area contributed by atoms with Gasteiger partial charge in [-0.2, -0.15) is 0 Å². The zero-order chi connectivity index (χ0) is 14.7. The molecular formula is C21H14O. The van der Waals surface area contributed by atoms with Crippen LogP contribution in [0.4, 0.5) is 0 Å². The molecule has 0 radical (unpaired) electrons. The highest BCUT2D eigenvalue weighted by atomic mass is 16.5. The van der Waals surface area contributed by atoms with E-state index in [1.165, 1.54) is 43.1 Å². The van der Waals surface area contributed by atoms with E-state index in [4.69, 9.17) is 4.74 Å². The van der Waals surface area contributed by atoms with Gasteiger partial charge >= 0.3 is 0 Å². The highest BCUT2D eigenvalue weighted by Crippen LogP contribution is 2.39. The highest BCUT2D eigenvalue weighted by Gasteiger charge is 2.11. The fourth-order valence-corrected chi connectivity index (χ4v) is 3.66. The molecule has 0 aliphatic heterocycles. The second-order valence-electron chi connectivity index (χ2n) is 5.82. The Hall–Kier alpha value is -2.80. The van der Waals surface area contributed by atoms with Crippen LogP contribution < -0.4 is 4.74 Å². The second-order valence-corrected chi connectivity index (χ2v) is 5.82. The molecule has 0 saturated carbocycles. The standard InChI is InChI=1S/C21H14O/c1-22-17-11-15-7-6-14-10-13-4-2-3-5-18(13)19-9-8-16(12-17)20(15)21(14)19/h2-12H,1H3. The first-order chi connectivity index (χ1) is 10.8. The summed E-state index contributed by atoms with van der Waals surface area (Å²) in [6, 6.07) is 24.0. The van der Waals surface area contributed by atoms with Gasteiger partial charge in [-0.1, -0.05) is 48.5 Å². The Labute approximate surface area is 128 Å². The monoisotopic (exact) mass is 282 g/mol. The van der Waals surface area contributed by atoms with Gasteiger partial charge in [-0.15, -0.1) is 0 Å². The van der Waals surface area contributed by atoms with Crippen molar-refractivity contribution in [3.63, 3.8) is 0 Å². The van der Waals surface area contributed by atoms with Crippen molar-refractivity contribution in [2.75, 3.05) is 7.11 Å². The topological polar surface area (TPSA) is 9.23 Å². The average molecular weight is 282 g/mol. The molecule has 0 unspecified atom stereocenters. The molecule has 0 bridgehead atoms. The number of rotatable bonds is 1. The minimum Gasteiger partial charge on any atom is -0.497 e. The Kier molecular flexibility index (Phi) is 2.21. The van der Waals surface area contributed by atoms with Gasteiger partial charge in [0.25, 0.3) is 0 Å². The van der Waals surface area contributed by atoms with Crippen LogP contribution in [0.25, 0.3) is 43.1 Å². The van der Waals surface area contributed by atoms with Crippen LogP contribution in [0.2, 0.25) is 0 Å². The molecule has 1 heteroatoms. The molecule has 0 aliphatic rings. The number of methoxy groups -OCH3 is 1. The van der Waals surface area contributed by atoms with Crippen LogP contribution in [0.1, 0.15) is 0 Å². The van der Waals surface area contributed by atoms with Crippen molar-refractivity contribution in [1.82, 2.24) is 0 Å². The van der Waals surface area contributed by atoms with E-state index in [0.29, 0.717) is 0 Å². The smallest absolute Gasteiger partial charge is 0.120 e. The summed E-state index contributed by atoms with van der Waals surface area (Å²) in [5, 5.41) is 10.4. The van der Waals surface area contributed by atoms with E-state index >= 15 is 0 Å². The Bertz CT molecular complexity index is 1140. The third-order valence-corrected chi connectivity index (χ3v) is 4.65. The van der Waals surface area contributed by atoms with Gasteiger partial charge in [-0.3, -0.25) is 0 Å². The lowest BCUT2D eigenvalue weighted by Gasteiger charge is -2.14. The minimum absolute atomic E-state index is 0.913. The molecule has 0 aromatic heterocycles. The Morgan fingerprint density at radius 2 is 1.27 bits per heavy atom. The molecule has 0 fully saturated rings. The fourth-order valence-electron chi connectivity index (χ4n) is 3.66. The van der Waals surface area contributed by atoms with Gasteiger partial charge in [0, 0.05) is 0 Å². The zero-order valence-electron chi connectivity index (χ0n) is 12.3. The molecular weight excluding hydrogens is 268 g/mol. The van der Waals surface area contributed by atoms with Gasteiger partial charge in [0.2, 0.25) is 0 Å². The van der Waals surface area contributed by atoms with Crippen molar-refractivity contribution < 1.29 is 4.74 Å². The third-order valence-electron chi connectivity index (χ3n) is 4.65. The first-order valence-electron chi connectivity index (χ1n) is 7.49. The van der Waals surface area contributed by atoms with E-state index in [-0.39, 0.29) is 0 Å². The van der Waals surface area contributed by atoms with Crippen LogP contribution in [0.3, 0.4) is 0 Å². The maximum Gasteiger partial charge on any atom is 0.120 e. The summed E-state index contributed by atoms with van der Waals surface area (Å²) in [5.74, 6) is 0.913. The van der Waals surface area contributed by atoms with Gasteiger partial charge in [-0.25, -0.2) is 0 Å². The first-order valence-corrected chi connectivity index (χ1v) is 7.49. The van der Waals surface area contributed by atoms with Gasteiger partial charge in [-0.05, 0) is 61.3 Å². The van der Waals surface area contributed by atoms with Crippen molar-refractivity contribution in [3.05, 3.63) is 66.7 Å². The van der Waals surface area contributed by atoms with E-state index in [1.807, 2.05) is 0 Å². The summed E-state index contributed by atoms with van der Waals surface area (Å²) in [4.78, 5) is 0. The van der Waals surface area contributed by atoms with Gasteiger partial charge in [0.05, 0.1) is 7.11 Å². The molecule has 0 aliphatic carbocycles. The maximum absolute atomic E-state index is 5.43. The lowest BCUT2D eigenvalue weighted by atomic mass is 9.91.